The number of hydrogen-bond donors (Lipinski definition) is 0. The van der Waals surface area contributed by atoms with Gasteiger partial charge in [0, 0.05) is 24.0 Å². The predicted octanol–water partition coefficient (Wildman–Crippen LogP) is 2.67. The lowest BCUT2D eigenvalue weighted by Gasteiger charge is -1.99. The summed E-state index contributed by atoms with van der Waals surface area (Å²) in [5.41, 5.74) is 1.60. The highest BCUT2D eigenvalue weighted by molar-refractivity contribution is 5.76. The smallest absolute Gasteiger partial charge is 0.162 e. The first-order valence-electron chi connectivity index (χ1n) is 4.99. The van der Waals surface area contributed by atoms with Crippen LogP contribution in [0.1, 0.15) is 0 Å². The topological polar surface area (TPSA) is 30.2 Å². The molecule has 0 aliphatic carbocycles. The maximum absolute atomic E-state index is 13.1. The first-order valence-corrected chi connectivity index (χ1v) is 4.99. The normalized spacial score (nSPS) is 10.9. The molecule has 0 saturated heterocycles. The average molecular weight is 231 g/mol. The van der Waals surface area contributed by atoms with Crippen molar-refractivity contribution < 1.29 is 8.78 Å². The highest BCUT2D eigenvalue weighted by Gasteiger charge is 2.09. The van der Waals surface area contributed by atoms with Crippen LogP contribution in [0.25, 0.3) is 16.8 Å². The van der Waals surface area contributed by atoms with Crippen molar-refractivity contribution in [3.05, 3.63) is 54.5 Å². The molecule has 17 heavy (non-hydrogen) atoms. The number of benzene rings is 1. The van der Waals surface area contributed by atoms with Gasteiger partial charge in [0.25, 0.3) is 0 Å². The fourth-order valence-corrected chi connectivity index (χ4v) is 1.74. The molecule has 0 radical (unpaired) electrons. The van der Waals surface area contributed by atoms with Crippen LogP contribution in [-0.2, 0) is 0 Å². The molecule has 2 aromatic heterocycles. The second kappa shape index (κ2) is 3.62. The fourth-order valence-electron chi connectivity index (χ4n) is 1.74. The van der Waals surface area contributed by atoms with Crippen LogP contribution < -0.4 is 0 Å². The van der Waals surface area contributed by atoms with Gasteiger partial charge in [-0.2, -0.15) is 5.10 Å². The van der Waals surface area contributed by atoms with E-state index in [2.05, 4.69) is 10.1 Å². The Balaban J connectivity index is 2.27. The number of nitrogens with zero attached hydrogens (tertiary/aromatic N) is 3. The van der Waals surface area contributed by atoms with E-state index in [1.54, 1.807) is 23.0 Å². The van der Waals surface area contributed by atoms with Crippen molar-refractivity contribution in [1.29, 1.82) is 0 Å². The van der Waals surface area contributed by atoms with Crippen LogP contribution in [0.4, 0.5) is 8.78 Å². The van der Waals surface area contributed by atoms with Gasteiger partial charge in [-0.05, 0) is 23.8 Å². The zero-order valence-corrected chi connectivity index (χ0v) is 8.64. The van der Waals surface area contributed by atoms with E-state index < -0.39 is 11.6 Å². The van der Waals surface area contributed by atoms with Gasteiger partial charge < -0.3 is 0 Å². The Hall–Kier alpha value is -2.30. The summed E-state index contributed by atoms with van der Waals surface area (Å²) in [5, 5.41) is 4.06. The van der Waals surface area contributed by atoms with E-state index in [1.807, 2.05) is 0 Å². The lowest BCUT2D eigenvalue weighted by atomic mass is 10.1. The first kappa shape index (κ1) is 9.89. The van der Waals surface area contributed by atoms with Crippen molar-refractivity contribution in [1.82, 2.24) is 14.6 Å². The highest BCUT2D eigenvalue weighted by atomic mass is 19.1. The van der Waals surface area contributed by atoms with Gasteiger partial charge in [0.2, 0.25) is 0 Å². The van der Waals surface area contributed by atoms with Crippen LogP contribution in [0.15, 0.2) is 42.9 Å². The zero-order chi connectivity index (χ0) is 11.8. The standard InChI is InChI=1S/C12H7F2N3/c13-9-4-8(5-10(14)6-9)11-7-16-17-3-1-2-15-12(11)17/h1-7H. The van der Waals surface area contributed by atoms with Crippen LogP contribution >= 0.6 is 0 Å². The van der Waals surface area contributed by atoms with Crippen LogP contribution in [0.3, 0.4) is 0 Å². The third kappa shape index (κ3) is 1.65. The van der Waals surface area contributed by atoms with E-state index >= 15 is 0 Å². The Morgan fingerprint density at radius 3 is 2.59 bits per heavy atom. The summed E-state index contributed by atoms with van der Waals surface area (Å²) in [6.45, 7) is 0. The number of hydrogen-bond acceptors (Lipinski definition) is 2. The molecule has 0 aliphatic heterocycles. The number of aromatic nitrogens is 3. The van der Waals surface area contributed by atoms with E-state index in [4.69, 9.17) is 0 Å². The number of halogens is 2. The van der Waals surface area contributed by atoms with Crippen molar-refractivity contribution in [3.8, 4) is 11.1 Å². The summed E-state index contributed by atoms with van der Waals surface area (Å²) in [4.78, 5) is 4.13. The zero-order valence-electron chi connectivity index (χ0n) is 8.64. The van der Waals surface area contributed by atoms with Crippen molar-refractivity contribution in [2.75, 3.05) is 0 Å². The second-order valence-corrected chi connectivity index (χ2v) is 3.60. The Morgan fingerprint density at radius 2 is 1.82 bits per heavy atom. The second-order valence-electron chi connectivity index (χ2n) is 3.60. The lowest BCUT2D eigenvalue weighted by molar-refractivity contribution is 0.584. The molecule has 84 valence electrons. The van der Waals surface area contributed by atoms with Crippen molar-refractivity contribution in [2.45, 2.75) is 0 Å². The van der Waals surface area contributed by atoms with E-state index in [9.17, 15) is 8.78 Å². The molecular formula is C12H7F2N3. The predicted molar refractivity (Wildman–Crippen MR) is 58.3 cm³/mol. The van der Waals surface area contributed by atoms with Crippen LogP contribution in [0.2, 0.25) is 0 Å². The van der Waals surface area contributed by atoms with Gasteiger partial charge in [0.05, 0.1) is 6.20 Å². The molecule has 0 aliphatic rings. The van der Waals surface area contributed by atoms with E-state index in [0.717, 1.165) is 6.07 Å². The highest BCUT2D eigenvalue weighted by Crippen LogP contribution is 2.24. The van der Waals surface area contributed by atoms with Gasteiger partial charge in [-0.1, -0.05) is 0 Å². The lowest BCUT2D eigenvalue weighted by Crippen LogP contribution is -1.88. The molecule has 0 bridgehead atoms. The molecule has 3 aromatic rings. The summed E-state index contributed by atoms with van der Waals surface area (Å²) < 4.78 is 27.8. The summed E-state index contributed by atoms with van der Waals surface area (Å²) in [6.07, 6.45) is 4.87. The minimum Gasteiger partial charge on any atom is -0.236 e. The van der Waals surface area contributed by atoms with E-state index in [0.29, 0.717) is 16.8 Å². The molecule has 5 heteroatoms. The average Bonchev–Trinajstić information content (AvgIpc) is 2.71. The van der Waals surface area contributed by atoms with Crippen molar-refractivity contribution in [3.63, 3.8) is 0 Å². The molecule has 0 spiro atoms. The van der Waals surface area contributed by atoms with E-state index in [-0.39, 0.29) is 0 Å². The molecule has 1 aromatic carbocycles. The molecule has 2 heterocycles. The Kier molecular flexibility index (Phi) is 2.11. The molecule has 0 fully saturated rings. The molecule has 0 unspecified atom stereocenters. The van der Waals surface area contributed by atoms with Gasteiger partial charge in [-0.25, -0.2) is 18.3 Å². The Labute approximate surface area is 95.3 Å². The summed E-state index contributed by atoms with van der Waals surface area (Å²) in [6, 6.07) is 5.09. The van der Waals surface area contributed by atoms with Gasteiger partial charge in [0.15, 0.2) is 5.65 Å². The maximum atomic E-state index is 13.1. The SMILES string of the molecule is Fc1cc(F)cc(-c2cnn3cccnc23)c1. The molecule has 0 atom stereocenters. The largest absolute Gasteiger partial charge is 0.236 e. The summed E-state index contributed by atoms with van der Waals surface area (Å²) >= 11 is 0. The molecule has 3 nitrogen and oxygen atoms in total. The van der Waals surface area contributed by atoms with E-state index in [1.165, 1.54) is 18.3 Å². The number of fused-ring (bicyclic) bond motifs is 1. The van der Waals surface area contributed by atoms with Crippen molar-refractivity contribution >= 4 is 5.65 Å². The Morgan fingerprint density at radius 1 is 1.06 bits per heavy atom. The van der Waals surface area contributed by atoms with Crippen molar-refractivity contribution in [2.24, 2.45) is 0 Å². The minimum atomic E-state index is -0.615. The van der Waals surface area contributed by atoms with Crippen LogP contribution in [0.5, 0.6) is 0 Å². The molecule has 3 rings (SSSR count). The summed E-state index contributed by atoms with van der Waals surface area (Å²) in [7, 11) is 0. The van der Waals surface area contributed by atoms with Gasteiger partial charge in [-0.3, -0.25) is 0 Å². The number of rotatable bonds is 1. The van der Waals surface area contributed by atoms with Crippen LogP contribution in [0, 0.1) is 11.6 Å². The summed E-state index contributed by atoms with van der Waals surface area (Å²) in [5.74, 6) is -1.23. The third-order valence-electron chi connectivity index (χ3n) is 2.45. The first-order chi connectivity index (χ1) is 8.24. The quantitative estimate of drug-likeness (QED) is 0.644. The minimum absolute atomic E-state index is 0.427. The molecule has 0 amide bonds. The van der Waals surface area contributed by atoms with Crippen LogP contribution in [-0.4, -0.2) is 14.6 Å². The molecule has 0 saturated carbocycles. The molecule has 0 N–H and O–H groups in total. The Bertz CT molecular complexity index is 671. The molecular weight excluding hydrogens is 224 g/mol. The van der Waals surface area contributed by atoms with Gasteiger partial charge >= 0.3 is 0 Å². The maximum Gasteiger partial charge on any atom is 0.162 e. The van der Waals surface area contributed by atoms with Gasteiger partial charge in [0.1, 0.15) is 11.6 Å². The fraction of sp³-hybridized carbons (Fsp3) is 0. The monoisotopic (exact) mass is 231 g/mol. The third-order valence-corrected chi connectivity index (χ3v) is 2.45. The van der Waals surface area contributed by atoms with Gasteiger partial charge in [-0.15, -0.1) is 0 Å².